The summed E-state index contributed by atoms with van der Waals surface area (Å²) in [5, 5.41) is 3.36. The van der Waals surface area contributed by atoms with Crippen molar-refractivity contribution in [2.45, 2.75) is 26.7 Å². The molecule has 0 unspecified atom stereocenters. The molecule has 0 radical (unpaired) electrons. The van der Waals surface area contributed by atoms with E-state index in [9.17, 15) is 0 Å². The number of rotatable bonds is 6. The molecule has 1 aromatic heterocycles. The maximum Gasteiger partial charge on any atom is 0.218 e. The van der Waals surface area contributed by atoms with Crippen molar-refractivity contribution in [1.82, 2.24) is 15.3 Å². The second-order valence-corrected chi connectivity index (χ2v) is 4.89. The highest BCUT2D eigenvalue weighted by Gasteiger charge is 2.14. The largest absolute Gasteiger partial charge is 0.477 e. The number of anilines is 1. The zero-order chi connectivity index (χ0) is 13.5. The van der Waals surface area contributed by atoms with Crippen LogP contribution in [-0.4, -0.2) is 42.8 Å². The normalized spacial score (nSPS) is 15.5. The molecular formula is C14H25ClN4O. The molecular weight excluding hydrogens is 276 g/mol. The Morgan fingerprint density at radius 3 is 2.60 bits per heavy atom. The van der Waals surface area contributed by atoms with Gasteiger partial charge in [0.1, 0.15) is 12.1 Å². The van der Waals surface area contributed by atoms with E-state index < -0.39 is 0 Å². The molecule has 1 aliphatic rings. The Morgan fingerprint density at radius 2 is 1.95 bits per heavy atom. The van der Waals surface area contributed by atoms with Gasteiger partial charge >= 0.3 is 0 Å². The van der Waals surface area contributed by atoms with Gasteiger partial charge in [0.15, 0.2) is 0 Å². The first-order valence-electron chi connectivity index (χ1n) is 7.24. The summed E-state index contributed by atoms with van der Waals surface area (Å²) in [5.74, 6) is 2.28. The quantitative estimate of drug-likeness (QED) is 0.872. The van der Waals surface area contributed by atoms with Gasteiger partial charge in [-0.15, -0.1) is 12.4 Å². The lowest BCUT2D eigenvalue weighted by Gasteiger charge is -2.23. The van der Waals surface area contributed by atoms with E-state index in [1.54, 1.807) is 6.33 Å². The number of ether oxygens (including phenoxy) is 1. The molecule has 0 aliphatic carbocycles. The second kappa shape index (κ2) is 8.97. The highest BCUT2D eigenvalue weighted by Crippen LogP contribution is 2.18. The van der Waals surface area contributed by atoms with Gasteiger partial charge in [-0.2, -0.15) is 0 Å². The van der Waals surface area contributed by atoms with Crippen molar-refractivity contribution >= 4 is 18.2 Å². The predicted octanol–water partition coefficient (Wildman–Crippen LogP) is 2.12. The lowest BCUT2D eigenvalue weighted by molar-refractivity contribution is 0.208. The Hall–Kier alpha value is -1.07. The van der Waals surface area contributed by atoms with Crippen LogP contribution in [0.4, 0.5) is 5.82 Å². The molecule has 0 spiro atoms. The molecule has 1 fully saturated rings. The maximum absolute atomic E-state index is 5.82. The van der Waals surface area contributed by atoms with Gasteiger partial charge < -0.3 is 15.0 Å². The monoisotopic (exact) mass is 300 g/mol. The highest BCUT2D eigenvalue weighted by molar-refractivity contribution is 5.85. The summed E-state index contributed by atoms with van der Waals surface area (Å²) in [6, 6.07) is 1.94. The molecule has 20 heavy (non-hydrogen) atoms. The van der Waals surface area contributed by atoms with Crippen LogP contribution in [0.15, 0.2) is 12.4 Å². The number of hydrogen-bond donors (Lipinski definition) is 1. The third-order valence-corrected chi connectivity index (χ3v) is 3.64. The first-order chi connectivity index (χ1) is 9.33. The molecule has 5 nitrogen and oxygen atoms in total. The Kier molecular flexibility index (Phi) is 7.62. The van der Waals surface area contributed by atoms with E-state index in [0.717, 1.165) is 38.6 Å². The van der Waals surface area contributed by atoms with Gasteiger partial charge in [0, 0.05) is 19.2 Å². The zero-order valence-corrected chi connectivity index (χ0v) is 13.2. The van der Waals surface area contributed by atoms with Gasteiger partial charge in [-0.3, -0.25) is 0 Å². The van der Waals surface area contributed by atoms with E-state index >= 15 is 0 Å². The van der Waals surface area contributed by atoms with E-state index in [2.05, 4.69) is 34.0 Å². The minimum absolute atomic E-state index is 0. The Labute approximate surface area is 127 Å². The summed E-state index contributed by atoms with van der Waals surface area (Å²) < 4.78 is 5.82. The molecule has 0 amide bonds. The van der Waals surface area contributed by atoms with Crippen molar-refractivity contribution in [3.05, 3.63) is 12.4 Å². The Balaban J connectivity index is 0.00000200. The molecule has 0 atom stereocenters. The molecule has 0 aromatic carbocycles. The van der Waals surface area contributed by atoms with E-state index in [-0.39, 0.29) is 12.4 Å². The fraction of sp³-hybridized carbons (Fsp3) is 0.714. The number of aromatic nitrogens is 2. The first-order valence-corrected chi connectivity index (χ1v) is 7.24. The third kappa shape index (κ3) is 4.80. The van der Waals surface area contributed by atoms with E-state index in [0.29, 0.717) is 11.8 Å². The lowest BCUT2D eigenvalue weighted by Crippen LogP contribution is -2.30. The van der Waals surface area contributed by atoms with E-state index in [1.165, 1.54) is 12.8 Å². The van der Waals surface area contributed by atoms with Crippen molar-refractivity contribution in [3.63, 3.8) is 0 Å². The van der Waals surface area contributed by atoms with Crippen LogP contribution in [-0.2, 0) is 0 Å². The number of nitrogens with zero attached hydrogens (tertiary/aromatic N) is 3. The fourth-order valence-electron chi connectivity index (χ4n) is 2.38. The summed E-state index contributed by atoms with van der Waals surface area (Å²) in [6.45, 7) is 9.10. The fourth-order valence-corrected chi connectivity index (χ4v) is 2.38. The van der Waals surface area contributed by atoms with Crippen LogP contribution >= 0.6 is 12.4 Å². The average Bonchev–Trinajstić information content (AvgIpc) is 2.48. The summed E-state index contributed by atoms with van der Waals surface area (Å²) in [6.07, 6.45) is 3.97. The van der Waals surface area contributed by atoms with Gasteiger partial charge in [-0.25, -0.2) is 9.97 Å². The topological polar surface area (TPSA) is 50.3 Å². The number of halogens is 1. The van der Waals surface area contributed by atoms with Gasteiger partial charge in [-0.1, -0.05) is 0 Å². The maximum atomic E-state index is 5.82. The molecule has 1 aliphatic heterocycles. The number of nitrogens with one attached hydrogen (secondary N) is 1. The van der Waals surface area contributed by atoms with Crippen molar-refractivity contribution in [1.29, 1.82) is 0 Å². The Morgan fingerprint density at radius 1 is 1.25 bits per heavy atom. The van der Waals surface area contributed by atoms with Crippen LogP contribution in [0.25, 0.3) is 0 Å². The lowest BCUT2D eigenvalue weighted by atomic mass is 9.99. The number of hydrogen-bond acceptors (Lipinski definition) is 5. The molecule has 0 saturated carbocycles. The third-order valence-electron chi connectivity index (χ3n) is 3.64. The molecule has 1 N–H and O–H groups in total. The highest BCUT2D eigenvalue weighted by atomic mass is 35.5. The van der Waals surface area contributed by atoms with Gasteiger partial charge in [0.05, 0.1) is 6.61 Å². The SMILES string of the molecule is CCN(CC)c1cc(OCC2CCNCC2)ncn1.Cl. The number of piperidine rings is 1. The van der Waals surface area contributed by atoms with Crippen LogP contribution in [0.1, 0.15) is 26.7 Å². The summed E-state index contributed by atoms with van der Waals surface area (Å²) in [4.78, 5) is 10.7. The van der Waals surface area contributed by atoms with Gasteiger partial charge in [0.2, 0.25) is 5.88 Å². The van der Waals surface area contributed by atoms with E-state index in [4.69, 9.17) is 4.74 Å². The van der Waals surface area contributed by atoms with Crippen LogP contribution in [0.2, 0.25) is 0 Å². The first kappa shape index (κ1) is 17.0. The smallest absolute Gasteiger partial charge is 0.218 e. The van der Waals surface area contributed by atoms with Crippen LogP contribution in [0.5, 0.6) is 5.88 Å². The molecule has 1 aromatic rings. The molecule has 6 heteroatoms. The molecule has 2 heterocycles. The molecule has 1 saturated heterocycles. The molecule has 0 bridgehead atoms. The van der Waals surface area contributed by atoms with Crippen LogP contribution in [0.3, 0.4) is 0 Å². The van der Waals surface area contributed by atoms with Crippen molar-refractivity contribution in [3.8, 4) is 5.88 Å². The molecule has 114 valence electrons. The summed E-state index contributed by atoms with van der Waals surface area (Å²) >= 11 is 0. The molecule has 2 rings (SSSR count). The van der Waals surface area contributed by atoms with Crippen molar-refractivity contribution in [2.75, 3.05) is 37.7 Å². The van der Waals surface area contributed by atoms with E-state index in [1.807, 2.05) is 6.07 Å². The average molecular weight is 301 g/mol. The minimum Gasteiger partial charge on any atom is -0.477 e. The van der Waals surface area contributed by atoms with Gasteiger partial charge in [0.25, 0.3) is 0 Å². The summed E-state index contributed by atoms with van der Waals surface area (Å²) in [7, 11) is 0. The Bertz CT molecular complexity index is 381. The predicted molar refractivity (Wildman–Crippen MR) is 83.9 cm³/mol. The minimum atomic E-state index is 0. The van der Waals surface area contributed by atoms with Gasteiger partial charge in [-0.05, 0) is 45.7 Å². The van der Waals surface area contributed by atoms with Crippen molar-refractivity contribution in [2.24, 2.45) is 5.92 Å². The standard InChI is InChI=1S/C14H24N4O.ClH/c1-3-18(4-2)13-9-14(17-11-16-13)19-10-12-5-7-15-8-6-12;/h9,11-12,15H,3-8,10H2,1-2H3;1H. The van der Waals surface area contributed by atoms with Crippen molar-refractivity contribution < 1.29 is 4.74 Å². The van der Waals surface area contributed by atoms with Crippen LogP contribution in [0, 0.1) is 5.92 Å². The van der Waals surface area contributed by atoms with Crippen LogP contribution < -0.4 is 15.0 Å². The zero-order valence-electron chi connectivity index (χ0n) is 12.3. The second-order valence-electron chi connectivity index (χ2n) is 4.89. The summed E-state index contributed by atoms with van der Waals surface area (Å²) in [5.41, 5.74) is 0.